The van der Waals surface area contributed by atoms with E-state index in [1.807, 2.05) is 29.9 Å². The molecule has 1 aromatic heterocycles. The van der Waals surface area contributed by atoms with Crippen LogP contribution < -0.4 is 5.32 Å². The van der Waals surface area contributed by atoms with Crippen molar-refractivity contribution in [3.63, 3.8) is 0 Å². The highest BCUT2D eigenvalue weighted by Crippen LogP contribution is 2.29. The molecule has 0 atom stereocenters. The lowest BCUT2D eigenvalue weighted by Crippen LogP contribution is -2.00. The van der Waals surface area contributed by atoms with Gasteiger partial charge in [0.2, 0.25) is 0 Å². The van der Waals surface area contributed by atoms with E-state index in [0.717, 1.165) is 26.4 Å². The van der Waals surface area contributed by atoms with Crippen LogP contribution in [0.15, 0.2) is 27.5 Å². The fourth-order valence-corrected chi connectivity index (χ4v) is 2.61. The summed E-state index contributed by atoms with van der Waals surface area (Å²) in [5, 5.41) is 6.09. The van der Waals surface area contributed by atoms with E-state index < -0.39 is 0 Å². The number of halogens is 2. The van der Waals surface area contributed by atoms with Crippen molar-refractivity contribution >= 4 is 44.6 Å². The van der Waals surface area contributed by atoms with Gasteiger partial charge in [-0.3, -0.25) is 0 Å². The minimum atomic E-state index is 0.710. The number of hydrogen-bond acceptors (Lipinski definition) is 3. The fourth-order valence-electron chi connectivity index (χ4n) is 1.29. The lowest BCUT2D eigenvalue weighted by Gasteiger charge is -2.09. The summed E-state index contributed by atoms with van der Waals surface area (Å²) < 4.78 is 1.02. The molecule has 0 unspecified atom stereocenters. The summed E-state index contributed by atoms with van der Waals surface area (Å²) in [7, 11) is 0. The third-order valence-electron chi connectivity index (χ3n) is 2.19. The molecule has 1 N–H and O–H groups in total. The van der Waals surface area contributed by atoms with Crippen molar-refractivity contribution < 1.29 is 0 Å². The highest BCUT2D eigenvalue weighted by atomic mass is 79.9. The zero-order valence-electron chi connectivity index (χ0n) is 8.63. The van der Waals surface area contributed by atoms with Gasteiger partial charge in [-0.2, -0.15) is 0 Å². The second-order valence-electron chi connectivity index (χ2n) is 3.41. The molecule has 1 aromatic carbocycles. The second kappa shape index (κ2) is 5.17. The van der Waals surface area contributed by atoms with Crippen molar-refractivity contribution in [2.45, 2.75) is 13.5 Å². The lowest BCUT2D eigenvalue weighted by molar-refractivity contribution is 1.07. The van der Waals surface area contributed by atoms with Gasteiger partial charge in [0.25, 0.3) is 0 Å². The van der Waals surface area contributed by atoms with Gasteiger partial charge in [-0.25, -0.2) is 4.98 Å². The fraction of sp³-hybridized carbons (Fsp3) is 0.182. The van der Waals surface area contributed by atoms with Crippen molar-refractivity contribution in [2.24, 2.45) is 0 Å². The number of anilines is 1. The van der Waals surface area contributed by atoms with Crippen LogP contribution in [0.2, 0.25) is 5.02 Å². The summed E-state index contributed by atoms with van der Waals surface area (Å²) in [5.74, 6) is 0. The summed E-state index contributed by atoms with van der Waals surface area (Å²) in [6, 6.07) is 3.93. The molecule has 0 spiro atoms. The van der Waals surface area contributed by atoms with Gasteiger partial charge in [-0.1, -0.05) is 11.6 Å². The van der Waals surface area contributed by atoms with Crippen LogP contribution in [-0.4, -0.2) is 4.98 Å². The third-order valence-corrected chi connectivity index (χ3v) is 3.89. The first-order valence-corrected chi connectivity index (χ1v) is 6.85. The Balaban J connectivity index is 2.12. The summed E-state index contributed by atoms with van der Waals surface area (Å²) >= 11 is 11.2. The van der Waals surface area contributed by atoms with Crippen LogP contribution in [0, 0.1) is 6.92 Å². The molecule has 0 fully saturated rings. The molecule has 0 radical (unpaired) electrons. The topological polar surface area (TPSA) is 24.9 Å². The van der Waals surface area contributed by atoms with E-state index in [1.165, 1.54) is 0 Å². The van der Waals surface area contributed by atoms with E-state index in [-0.39, 0.29) is 0 Å². The molecular formula is C11H10BrClN2S. The number of thiazole rings is 1. The number of aromatic nitrogens is 1. The Kier molecular flexibility index (Phi) is 3.84. The molecule has 0 aliphatic heterocycles. The molecule has 2 nitrogen and oxygen atoms in total. The Labute approximate surface area is 112 Å². The van der Waals surface area contributed by atoms with Crippen LogP contribution in [-0.2, 0) is 6.54 Å². The minimum Gasteiger partial charge on any atom is -0.378 e. The zero-order chi connectivity index (χ0) is 11.5. The van der Waals surface area contributed by atoms with Crippen LogP contribution in [0.25, 0.3) is 0 Å². The maximum absolute atomic E-state index is 6.07. The Morgan fingerprint density at radius 3 is 3.00 bits per heavy atom. The van der Waals surface area contributed by atoms with Crippen molar-refractivity contribution in [1.29, 1.82) is 0 Å². The molecule has 16 heavy (non-hydrogen) atoms. The largest absolute Gasteiger partial charge is 0.378 e. The second-order valence-corrected chi connectivity index (χ2v) is 5.39. The quantitative estimate of drug-likeness (QED) is 0.903. The Morgan fingerprint density at radius 1 is 1.50 bits per heavy atom. The summed E-state index contributed by atoms with van der Waals surface area (Å²) in [6.45, 7) is 2.69. The van der Waals surface area contributed by atoms with E-state index in [2.05, 4.69) is 26.2 Å². The van der Waals surface area contributed by atoms with Gasteiger partial charge in [0.1, 0.15) is 0 Å². The highest BCUT2D eigenvalue weighted by Gasteiger charge is 2.04. The summed E-state index contributed by atoms with van der Waals surface area (Å²) in [4.78, 5) is 4.21. The maximum atomic E-state index is 6.07. The minimum absolute atomic E-state index is 0.710. The molecule has 0 aliphatic rings. The monoisotopic (exact) mass is 316 g/mol. The Hall–Kier alpha value is -0.580. The van der Waals surface area contributed by atoms with Crippen molar-refractivity contribution in [3.8, 4) is 0 Å². The molecule has 84 valence electrons. The number of hydrogen-bond donors (Lipinski definition) is 1. The van der Waals surface area contributed by atoms with E-state index in [0.29, 0.717) is 6.54 Å². The first kappa shape index (κ1) is 11.9. The average Bonchev–Trinajstić information content (AvgIpc) is 2.74. The van der Waals surface area contributed by atoms with E-state index in [4.69, 9.17) is 11.6 Å². The molecule has 5 heteroatoms. The van der Waals surface area contributed by atoms with E-state index >= 15 is 0 Å². The van der Waals surface area contributed by atoms with Crippen LogP contribution >= 0.6 is 38.9 Å². The molecule has 0 saturated heterocycles. The number of rotatable bonds is 3. The van der Waals surface area contributed by atoms with Crippen molar-refractivity contribution in [3.05, 3.63) is 43.8 Å². The number of aryl methyl sites for hydroxylation is 1. The lowest BCUT2D eigenvalue weighted by atomic mass is 10.2. The first-order valence-electron chi connectivity index (χ1n) is 4.73. The van der Waals surface area contributed by atoms with Crippen molar-refractivity contribution in [1.82, 2.24) is 4.98 Å². The molecule has 0 bridgehead atoms. The third kappa shape index (κ3) is 2.75. The molecule has 0 amide bonds. The normalized spacial score (nSPS) is 10.4. The highest BCUT2D eigenvalue weighted by molar-refractivity contribution is 9.10. The van der Waals surface area contributed by atoms with Crippen LogP contribution in [0.1, 0.15) is 11.3 Å². The van der Waals surface area contributed by atoms with Crippen LogP contribution in [0.3, 0.4) is 0 Å². The van der Waals surface area contributed by atoms with Crippen LogP contribution in [0.5, 0.6) is 0 Å². The van der Waals surface area contributed by atoms with E-state index in [1.54, 1.807) is 11.3 Å². The predicted octanol–water partition coefficient (Wildman–Crippen LogP) is 4.48. The number of nitrogens with zero attached hydrogens (tertiary/aromatic N) is 1. The summed E-state index contributed by atoms with van der Waals surface area (Å²) in [6.07, 6.45) is 0. The van der Waals surface area contributed by atoms with Crippen molar-refractivity contribution in [2.75, 3.05) is 5.32 Å². The van der Waals surface area contributed by atoms with Crippen LogP contribution in [0.4, 0.5) is 5.69 Å². The Bertz CT molecular complexity index is 485. The van der Waals surface area contributed by atoms with Gasteiger partial charge >= 0.3 is 0 Å². The molecular weight excluding hydrogens is 308 g/mol. The Morgan fingerprint density at radius 2 is 2.31 bits per heavy atom. The zero-order valence-corrected chi connectivity index (χ0v) is 11.8. The van der Waals surface area contributed by atoms with Gasteiger partial charge < -0.3 is 5.32 Å². The molecule has 2 rings (SSSR count). The van der Waals surface area contributed by atoms with Gasteiger partial charge in [0.05, 0.1) is 23.4 Å². The predicted molar refractivity (Wildman–Crippen MR) is 73.3 cm³/mol. The first-order chi connectivity index (χ1) is 7.66. The summed E-state index contributed by atoms with van der Waals surface area (Å²) in [5.41, 5.74) is 4.92. The molecule has 2 aromatic rings. The van der Waals surface area contributed by atoms with Gasteiger partial charge in [0.15, 0.2) is 0 Å². The van der Waals surface area contributed by atoms with E-state index in [9.17, 15) is 0 Å². The smallest absolute Gasteiger partial charge is 0.0795 e. The number of benzene rings is 1. The van der Waals surface area contributed by atoms with Gasteiger partial charge in [-0.05, 0) is 40.5 Å². The van der Waals surface area contributed by atoms with Gasteiger partial charge in [0, 0.05) is 14.9 Å². The van der Waals surface area contributed by atoms with Gasteiger partial charge in [-0.15, -0.1) is 11.3 Å². The standard InChI is InChI=1S/C11H10BrClN2S/c1-7-2-9(12)11(3-10(7)13)14-4-8-5-16-6-15-8/h2-3,5-6,14H,4H2,1H3. The molecule has 0 saturated carbocycles. The maximum Gasteiger partial charge on any atom is 0.0795 e. The SMILES string of the molecule is Cc1cc(Br)c(NCc2cscn2)cc1Cl. The number of nitrogens with one attached hydrogen (secondary N) is 1. The molecule has 0 aliphatic carbocycles. The average molecular weight is 318 g/mol. The molecule has 1 heterocycles.